The minimum absolute atomic E-state index is 0.0209. The maximum absolute atomic E-state index is 14.2. The summed E-state index contributed by atoms with van der Waals surface area (Å²) in [6, 6.07) is 2.79. The Hall–Kier alpha value is -3.08. The van der Waals surface area contributed by atoms with Gasteiger partial charge in [0.05, 0.1) is 0 Å². The van der Waals surface area contributed by atoms with E-state index in [2.05, 4.69) is 16.6 Å². The van der Waals surface area contributed by atoms with Crippen LogP contribution in [0.2, 0.25) is 0 Å². The van der Waals surface area contributed by atoms with Crippen LogP contribution in [0.5, 0.6) is 0 Å². The topological polar surface area (TPSA) is 87.7 Å². The maximum atomic E-state index is 14.2. The Labute approximate surface area is 195 Å². The molecule has 1 aromatic carbocycles. The smallest absolute Gasteiger partial charge is 0.408 e. The first-order valence-electron chi connectivity index (χ1n) is 11.1. The molecular formula is C25H34FN3O4. The van der Waals surface area contributed by atoms with Gasteiger partial charge >= 0.3 is 6.09 Å². The average Bonchev–Trinajstić information content (AvgIpc) is 3.18. The highest BCUT2D eigenvalue weighted by molar-refractivity contribution is 5.92. The molecule has 1 aliphatic rings. The van der Waals surface area contributed by atoms with Crippen LogP contribution in [-0.2, 0) is 20.9 Å². The molecule has 1 aliphatic heterocycles. The van der Waals surface area contributed by atoms with Crippen molar-refractivity contribution in [2.24, 2.45) is 5.41 Å². The standard InChI is InChI=1S/C25H34FN3O4/c1-8-16-11-12-17(18(26)14-16)15-27-21(30)19-10-9-13-29(19)22(31)20(24(2,3)4)28-23(32)33-25(5,6)7/h1,11-12,14,19-20H,9-10,13,15H2,2-7H3,(H,27,30)(H,28,32). The first kappa shape index (κ1) is 26.2. The second-order valence-electron chi connectivity index (χ2n) is 10.3. The quantitative estimate of drug-likeness (QED) is 0.661. The maximum Gasteiger partial charge on any atom is 0.408 e. The lowest BCUT2D eigenvalue weighted by molar-refractivity contribution is -0.142. The van der Waals surface area contributed by atoms with Gasteiger partial charge in [-0.1, -0.05) is 32.8 Å². The number of terminal acetylenes is 1. The molecule has 8 heteroatoms. The number of ether oxygens (including phenoxy) is 1. The van der Waals surface area contributed by atoms with Crippen molar-refractivity contribution in [3.05, 3.63) is 35.1 Å². The number of carbonyl (C=O) groups excluding carboxylic acids is 3. The van der Waals surface area contributed by atoms with E-state index in [9.17, 15) is 18.8 Å². The Kier molecular flexibility index (Phi) is 8.12. The van der Waals surface area contributed by atoms with Crippen molar-refractivity contribution in [3.63, 3.8) is 0 Å². The van der Waals surface area contributed by atoms with E-state index in [1.54, 1.807) is 26.8 Å². The zero-order valence-corrected chi connectivity index (χ0v) is 20.3. The van der Waals surface area contributed by atoms with Gasteiger partial charge < -0.3 is 20.3 Å². The molecule has 0 bridgehead atoms. The number of hydrogen-bond acceptors (Lipinski definition) is 4. The van der Waals surface area contributed by atoms with Crippen LogP contribution in [0.1, 0.15) is 65.5 Å². The zero-order valence-electron chi connectivity index (χ0n) is 20.3. The number of benzene rings is 1. The summed E-state index contributed by atoms with van der Waals surface area (Å²) in [6.07, 6.45) is 5.72. The van der Waals surface area contributed by atoms with Gasteiger partial charge in [-0.15, -0.1) is 6.42 Å². The molecule has 0 spiro atoms. The summed E-state index contributed by atoms with van der Waals surface area (Å²) >= 11 is 0. The molecule has 0 aliphatic carbocycles. The van der Waals surface area contributed by atoms with Gasteiger partial charge in [-0.2, -0.15) is 0 Å². The summed E-state index contributed by atoms with van der Waals surface area (Å²) in [5, 5.41) is 5.39. The van der Waals surface area contributed by atoms with Gasteiger partial charge in [0.15, 0.2) is 0 Å². The molecule has 1 saturated heterocycles. The summed E-state index contributed by atoms with van der Waals surface area (Å²) in [6.45, 7) is 11.1. The highest BCUT2D eigenvalue weighted by Gasteiger charge is 2.42. The van der Waals surface area contributed by atoms with Gasteiger partial charge in [-0.25, -0.2) is 9.18 Å². The van der Waals surface area contributed by atoms with Crippen LogP contribution in [0, 0.1) is 23.6 Å². The Morgan fingerprint density at radius 3 is 2.45 bits per heavy atom. The normalized spacial score (nSPS) is 17.2. The van der Waals surface area contributed by atoms with Gasteiger partial charge in [-0.3, -0.25) is 9.59 Å². The third kappa shape index (κ3) is 7.21. The van der Waals surface area contributed by atoms with E-state index in [1.807, 2.05) is 20.8 Å². The first-order valence-corrected chi connectivity index (χ1v) is 11.1. The fraction of sp³-hybridized carbons (Fsp3) is 0.560. The van der Waals surface area contributed by atoms with Gasteiger partial charge in [0, 0.05) is 24.2 Å². The molecule has 180 valence electrons. The van der Waals surface area contributed by atoms with Gasteiger partial charge in [0.25, 0.3) is 0 Å². The Balaban J connectivity index is 2.10. The molecule has 0 saturated carbocycles. The summed E-state index contributed by atoms with van der Waals surface area (Å²) in [4.78, 5) is 40.1. The summed E-state index contributed by atoms with van der Waals surface area (Å²) in [7, 11) is 0. The minimum atomic E-state index is -0.880. The lowest BCUT2D eigenvalue weighted by Gasteiger charge is -2.35. The molecule has 33 heavy (non-hydrogen) atoms. The number of alkyl carbamates (subject to hydrolysis) is 1. The molecule has 3 amide bonds. The van der Waals surface area contributed by atoms with Crippen LogP contribution in [0.4, 0.5) is 9.18 Å². The zero-order chi connectivity index (χ0) is 25.0. The number of rotatable bonds is 5. The summed E-state index contributed by atoms with van der Waals surface area (Å²) in [5.41, 5.74) is -0.600. The number of amides is 3. The van der Waals surface area contributed by atoms with Crippen LogP contribution >= 0.6 is 0 Å². The predicted octanol–water partition coefficient (Wildman–Crippen LogP) is 3.35. The van der Waals surface area contributed by atoms with Crippen molar-refractivity contribution in [2.75, 3.05) is 6.54 Å². The second kappa shape index (κ2) is 10.2. The molecule has 7 nitrogen and oxygen atoms in total. The van der Waals surface area contributed by atoms with Gasteiger partial charge in [0.1, 0.15) is 23.5 Å². The number of halogens is 1. The molecular weight excluding hydrogens is 425 g/mol. The third-order valence-electron chi connectivity index (χ3n) is 5.29. The SMILES string of the molecule is C#Cc1ccc(CNC(=O)C2CCCN2C(=O)C(NC(=O)OC(C)(C)C)C(C)(C)C)c(F)c1. The number of nitrogens with one attached hydrogen (secondary N) is 2. The van der Waals surface area contributed by atoms with Gasteiger partial charge in [-0.05, 0) is 51.2 Å². The van der Waals surface area contributed by atoms with E-state index in [-0.39, 0.29) is 18.4 Å². The van der Waals surface area contributed by atoms with Crippen molar-refractivity contribution in [1.82, 2.24) is 15.5 Å². The van der Waals surface area contributed by atoms with E-state index in [1.165, 1.54) is 17.0 Å². The predicted molar refractivity (Wildman–Crippen MR) is 124 cm³/mol. The fourth-order valence-electron chi connectivity index (χ4n) is 3.62. The highest BCUT2D eigenvalue weighted by Crippen LogP contribution is 2.26. The molecule has 2 atom stereocenters. The molecule has 2 unspecified atom stereocenters. The van der Waals surface area contributed by atoms with E-state index in [0.717, 1.165) is 0 Å². The van der Waals surface area contributed by atoms with Crippen LogP contribution in [0.15, 0.2) is 18.2 Å². The van der Waals surface area contributed by atoms with E-state index >= 15 is 0 Å². The van der Waals surface area contributed by atoms with E-state index in [4.69, 9.17) is 11.2 Å². The van der Waals surface area contributed by atoms with Crippen LogP contribution < -0.4 is 10.6 Å². The monoisotopic (exact) mass is 459 g/mol. The fourth-order valence-corrected chi connectivity index (χ4v) is 3.62. The van der Waals surface area contributed by atoms with Crippen molar-refractivity contribution >= 4 is 17.9 Å². The van der Waals surface area contributed by atoms with Crippen molar-refractivity contribution in [1.29, 1.82) is 0 Å². The molecule has 0 aromatic heterocycles. The van der Waals surface area contributed by atoms with Crippen molar-refractivity contribution in [3.8, 4) is 12.3 Å². The van der Waals surface area contributed by atoms with Gasteiger partial charge in [0.2, 0.25) is 11.8 Å². The highest BCUT2D eigenvalue weighted by atomic mass is 19.1. The van der Waals surface area contributed by atoms with Crippen molar-refractivity contribution < 1.29 is 23.5 Å². The Morgan fingerprint density at radius 2 is 1.91 bits per heavy atom. The van der Waals surface area contributed by atoms with Crippen molar-refractivity contribution in [2.45, 2.75) is 78.6 Å². The number of carbonyl (C=O) groups is 3. The number of likely N-dealkylation sites (tertiary alicyclic amines) is 1. The summed E-state index contributed by atoms with van der Waals surface area (Å²) < 4.78 is 19.5. The minimum Gasteiger partial charge on any atom is -0.444 e. The van der Waals surface area contributed by atoms with Crippen LogP contribution in [0.25, 0.3) is 0 Å². The Morgan fingerprint density at radius 1 is 1.24 bits per heavy atom. The molecule has 1 heterocycles. The number of hydrogen-bond donors (Lipinski definition) is 2. The molecule has 2 N–H and O–H groups in total. The molecule has 1 fully saturated rings. The largest absolute Gasteiger partial charge is 0.444 e. The second-order valence-corrected chi connectivity index (χ2v) is 10.3. The first-order chi connectivity index (χ1) is 15.2. The molecule has 0 radical (unpaired) electrons. The van der Waals surface area contributed by atoms with Crippen LogP contribution in [0.3, 0.4) is 0 Å². The molecule has 2 rings (SSSR count). The lowest BCUT2D eigenvalue weighted by Crippen LogP contribution is -2.58. The average molecular weight is 460 g/mol. The number of nitrogens with zero attached hydrogens (tertiary/aromatic N) is 1. The van der Waals surface area contributed by atoms with E-state index < -0.39 is 35.0 Å². The van der Waals surface area contributed by atoms with Crippen LogP contribution in [-0.4, -0.2) is 47.0 Å². The third-order valence-corrected chi connectivity index (χ3v) is 5.29. The Bertz CT molecular complexity index is 940. The van der Waals surface area contributed by atoms with E-state index in [0.29, 0.717) is 30.5 Å². The summed E-state index contributed by atoms with van der Waals surface area (Å²) in [5.74, 6) is 1.14. The molecule has 1 aromatic rings. The lowest BCUT2D eigenvalue weighted by atomic mass is 9.85.